The molecule has 8 heteroatoms. The third-order valence-corrected chi connectivity index (χ3v) is 6.81. The highest BCUT2D eigenvalue weighted by molar-refractivity contribution is 7.89. The van der Waals surface area contributed by atoms with Gasteiger partial charge in [-0.25, -0.2) is 18.4 Å². The van der Waals surface area contributed by atoms with Gasteiger partial charge in [-0.15, -0.1) is 0 Å². The molecule has 0 spiro atoms. The zero-order valence-corrected chi connectivity index (χ0v) is 16.1. The van der Waals surface area contributed by atoms with Gasteiger partial charge in [0.05, 0.1) is 11.0 Å². The second kappa shape index (κ2) is 7.28. The Bertz CT molecular complexity index is 1040. The van der Waals surface area contributed by atoms with Gasteiger partial charge in [0.2, 0.25) is 10.0 Å². The number of imidazole rings is 1. The van der Waals surface area contributed by atoms with Crippen LogP contribution in [0.4, 0.5) is 5.82 Å². The number of pyridine rings is 1. The Balaban J connectivity index is 1.41. The van der Waals surface area contributed by atoms with Crippen LogP contribution >= 0.6 is 0 Å². The summed E-state index contributed by atoms with van der Waals surface area (Å²) in [6.07, 6.45) is 3.29. The number of hydrogen-bond donors (Lipinski definition) is 1. The molecule has 142 valence electrons. The lowest BCUT2D eigenvalue weighted by molar-refractivity contribution is 0.477. The van der Waals surface area contributed by atoms with Crippen molar-refractivity contribution in [1.29, 1.82) is 0 Å². The van der Waals surface area contributed by atoms with E-state index >= 15 is 0 Å². The van der Waals surface area contributed by atoms with Crippen molar-refractivity contribution in [2.24, 2.45) is 0 Å². The molecule has 0 unspecified atom stereocenters. The van der Waals surface area contributed by atoms with Crippen LogP contribution in [0.2, 0.25) is 0 Å². The number of benzene rings is 1. The second-order valence-corrected chi connectivity index (χ2v) is 8.65. The molecular weight excluding hydrogens is 362 g/mol. The van der Waals surface area contributed by atoms with Gasteiger partial charge in [-0.1, -0.05) is 12.1 Å². The number of sulfonamides is 1. The summed E-state index contributed by atoms with van der Waals surface area (Å²) in [6, 6.07) is 11.4. The van der Waals surface area contributed by atoms with E-state index in [1.165, 1.54) is 10.5 Å². The van der Waals surface area contributed by atoms with Crippen LogP contribution in [0.3, 0.4) is 0 Å². The quantitative estimate of drug-likeness (QED) is 0.706. The third kappa shape index (κ3) is 3.54. The number of anilines is 1. The summed E-state index contributed by atoms with van der Waals surface area (Å²) in [7, 11) is -3.41. The van der Waals surface area contributed by atoms with Crippen LogP contribution in [0.15, 0.2) is 47.5 Å². The third-order valence-electron chi connectivity index (χ3n) is 4.93. The number of aryl methyl sites for hydroxylation is 1. The predicted octanol–water partition coefficient (Wildman–Crippen LogP) is 2.64. The summed E-state index contributed by atoms with van der Waals surface area (Å²) in [5.41, 5.74) is 2.10. The fourth-order valence-corrected chi connectivity index (χ4v) is 4.95. The van der Waals surface area contributed by atoms with Gasteiger partial charge < -0.3 is 9.88 Å². The minimum Gasteiger partial charge on any atom is -0.368 e. The zero-order chi connectivity index (χ0) is 18.9. The summed E-state index contributed by atoms with van der Waals surface area (Å²) in [4.78, 5) is 9.10. The molecule has 3 aromatic rings. The average molecular weight is 385 g/mol. The van der Waals surface area contributed by atoms with Crippen molar-refractivity contribution in [2.45, 2.75) is 31.2 Å². The van der Waals surface area contributed by atoms with Gasteiger partial charge in [0.25, 0.3) is 0 Å². The first kappa shape index (κ1) is 17.9. The normalized spacial score (nSPS) is 15.4. The lowest BCUT2D eigenvalue weighted by atomic mass is 10.3. The van der Waals surface area contributed by atoms with Gasteiger partial charge in [0, 0.05) is 32.4 Å². The highest BCUT2D eigenvalue weighted by atomic mass is 32.2. The van der Waals surface area contributed by atoms with Crippen LogP contribution in [-0.4, -0.2) is 46.9 Å². The van der Waals surface area contributed by atoms with Crippen LogP contribution in [0, 0.1) is 6.92 Å². The Morgan fingerprint density at radius 1 is 1.11 bits per heavy atom. The Labute approximate surface area is 159 Å². The van der Waals surface area contributed by atoms with E-state index in [1.54, 1.807) is 12.1 Å². The number of nitrogens with one attached hydrogen (secondary N) is 1. The zero-order valence-electron chi connectivity index (χ0n) is 15.3. The fraction of sp³-hybridized carbons (Fsp3) is 0.368. The van der Waals surface area contributed by atoms with E-state index in [-0.39, 0.29) is 4.90 Å². The van der Waals surface area contributed by atoms with E-state index in [1.807, 2.05) is 25.1 Å². The molecule has 3 heterocycles. The molecule has 1 saturated heterocycles. The minimum atomic E-state index is -3.41. The number of nitrogens with zero attached hydrogens (tertiary/aromatic N) is 4. The number of para-hydroxylation sites is 2. The van der Waals surface area contributed by atoms with E-state index in [0.29, 0.717) is 25.5 Å². The topological polar surface area (TPSA) is 80.1 Å². The van der Waals surface area contributed by atoms with Crippen molar-refractivity contribution in [3.8, 4) is 0 Å². The van der Waals surface area contributed by atoms with Crippen LogP contribution < -0.4 is 5.32 Å². The molecule has 0 saturated carbocycles. The van der Waals surface area contributed by atoms with Crippen molar-refractivity contribution in [3.63, 3.8) is 0 Å². The van der Waals surface area contributed by atoms with Crippen molar-refractivity contribution in [3.05, 3.63) is 48.4 Å². The molecular formula is C19H23N5O2S. The Morgan fingerprint density at radius 2 is 1.89 bits per heavy atom. The molecule has 0 atom stereocenters. The molecule has 1 fully saturated rings. The SMILES string of the molecule is Cc1nc2ccccc2n1CCNc1ccc(S(=O)(=O)N2CCCC2)cn1. The lowest BCUT2D eigenvalue weighted by Crippen LogP contribution is -2.27. The van der Waals surface area contributed by atoms with Gasteiger partial charge >= 0.3 is 0 Å². The maximum Gasteiger partial charge on any atom is 0.244 e. The smallest absolute Gasteiger partial charge is 0.244 e. The highest BCUT2D eigenvalue weighted by Gasteiger charge is 2.27. The van der Waals surface area contributed by atoms with E-state index in [4.69, 9.17) is 0 Å². The first-order valence-corrected chi connectivity index (χ1v) is 10.6. The molecule has 0 aliphatic carbocycles. The largest absolute Gasteiger partial charge is 0.368 e. The average Bonchev–Trinajstić information content (AvgIpc) is 3.31. The molecule has 27 heavy (non-hydrogen) atoms. The van der Waals surface area contributed by atoms with E-state index in [2.05, 4.69) is 25.9 Å². The Kier molecular flexibility index (Phi) is 4.84. The van der Waals surface area contributed by atoms with Crippen molar-refractivity contribution < 1.29 is 8.42 Å². The summed E-state index contributed by atoms with van der Waals surface area (Å²) < 4.78 is 28.8. The number of fused-ring (bicyclic) bond motifs is 1. The number of rotatable bonds is 6. The molecule has 0 bridgehead atoms. The lowest BCUT2D eigenvalue weighted by Gasteiger charge is -2.15. The van der Waals surface area contributed by atoms with Crippen LogP contribution in [0.25, 0.3) is 11.0 Å². The van der Waals surface area contributed by atoms with Crippen molar-refractivity contribution in [2.75, 3.05) is 25.0 Å². The molecule has 0 amide bonds. The maximum atomic E-state index is 12.5. The van der Waals surface area contributed by atoms with Gasteiger partial charge in [-0.05, 0) is 44.0 Å². The summed E-state index contributed by atoms with van der Waals surface area (Å²) in [5.74, 6) is 1.63. The standard InChI is InChI=1S/C19H23N5O2S/c1-15-22-17-6-2-3-7-18(17)24(15)13-10-20-19-9-8-16(14-21-19)27(25,26)23-11-4-5-12-23/h2-3,6-9,14H,4-5,10-13H2,1H3,(H,20,21). The molecule has 1 aliphatic heterocycles. The van der Waals surface area contributed by atoms with Gasteiger partial charge in [0.15, 0.2) is 0 Å². The number of hydrogen-bond acceptors (Lipinski definition) is 5. The Morgan fingerprint density at radius 3 is 2.63 bits per heavy atom. The van der Waals surface area contributed by atoms with Crippen LogP contribution in [0.5, 0.6) is 0 Å². The maximum absolute atomic E-state index is 12.5. The molecule has 4 rings (SSSR count). The van der Waals surface area contributed by atoms with Gasteiger partial charge in [0.1, 0.15) is 16.5 Å². The predicted molar refractivity (Wildman–Crippen MR) is 105 cm³/mol. The van der Waals surface area contributed by atoms with Gasteiger partial charge in [-0.2, -0.15) is 4.31 Å². The summed E-state index contributed by atoms with van der Waals surface area (Å²) in [5, 5.41) is 3.25. The molecule has 1 N–H and O–H groups in total. The van der Waals surface area contributed by atoms with Crippen molar-refractivity contribution >= 4 is 26.9 Å². The minimum absolute atomic E-state index is 0.256. The van der Waals surface area contributed by atoms with E-state index in [9.17, 15) is 8.42 Å². The van der Waals surface area contributed by atoms with Crippen molar-refractivity contribution in [1.82, 2.24) is 18.8 Å². The van der Waals surface area contributed by atoms with Crippen LogP contribution in [0.1, 0.15) is 18.7 Å². The van der Waals surface area contributed by atoms with E-state index in [0.717, 1.165) is 36.2 Å². The molecule has 0 radical (unpaired) electrons. The molecule has 1 aliphatic rings. The highest BCUT2D eigenvalue weighted by Crippen LogP contribution is 2.21. The van der Waals surface area contributed by atoms with E-state index < -0.39 is 10.0 Å². The molecule has 1 aromatic carbocycles. The van der Waals surface area contributed by atoms with Crippen LogP contribution in [-0.2, 0) is 16.6 Å². The number of aromatic nitrogens is 3. The summed E-state index contributed by atoms with van der Waals surface area (Å²) >= 11 is 0. The Hall–Kier alpha value is -2.45. The fourth-order valence-electron chi connectivity index (χ4n) is 3.49. The first-order chi connectivity index (χ1) is 13.1. The molecule has 2 aromatic heterocycles. The first-order valence-electron chi connectivity index (χ1n) is 9.18. The second-order valence-electron chi connectivity index (χ2n) is 6.72. The summed E-state index contributed by atoms with van der Waals surface area (Å²) in [6.45, 7) is 4.62. The molecule has 7 nitrogen and oxygen atoms in total. The monoisotopic (exact) mass is 385 g/mol. The van der Waals surface area contributed by atoms with Gasteiger partial charge in [-0.3, -0.25) is 0 Å².